The fourth-order valence-corrected chi connectivity index (χ4v) is 3.35. The van der Waals surface area contributed by atoms with Crippen LogP contribution in [-0.4, -0.2) is 43.1 Å². The zero-order valence-corrected chi connectivity index (χ0v) is 12.7. The molecule has 2 atom stereocenters. The van der Waals surface area contributed by atoms with E-state index < -0.39 is 6.10 Å². The zero-order chi connectivity index (χ0) is 14.7. The number of carbonyl (C=O) groups is 1. The van der Waals surface area contributed by atoms with Crippen LogP contribution in [0.1, 0.15) is 37.0 Å². The summed E-state index contributed by atoms with van der Waals surface area (Å²) < 4.78 is 5.74. The molecule has 1 N–H and O–H groups in total. The van der Waals surface area contributed by atoms with Gasteiger partial charge in [0.2, 0.25) is 0 Å². The molecule has 1 saturated heterocycles. The number of likely N-dealkylation sites (tertiary alicyclic amines) is 1. The molecular formula is C17H24N2O2. The Balaban J connectivity index is 1.66. The van der Waals surface area contributed by atoms with E-state index >= 15 is 0 Å². The van der Waals surface area contributed by atoms with Crippen LogP contribution in [0.5, 0.6) is 0 Å². The maximum atomic E-state index is 12.6. The average Bonchev–Trinajstić information content (AvgIpc) is 2.54. The molecule has 0 saturated carbocycles. The van der Waals surface area contributed by atoms with E-state index in [0.29, 0.717) is 6.61 Å². The second-order valence-electron chi connectivity index (χ2n) is 5.94. The van der Waals surface area contributed by atoms with Crippen molar-refractivity contribution in [3.8, 4) is 0 Å². The highest BCUT2D eigenvalue weighted by molar-refractivity contribution is 5.83. The summed E-state index contributed by atoms with van der Waals surface area (Å²) in [6.07, 6.45) is 2.68. The van der Waals surface area contributed by atoms with Gasteiger partial charge >= 0.3 is 0 Å². The monoisotopic (exact) mass is 288 g/mol. The molecule has 0 radical (unpaired) electrons. The van der Waals surface area contributed by atoms with Crippen molar-refractivity contribution in [2.24, 2.45) is 0 Å². The van der Waals surface area contributed by atoms with Gasteiger partial charge in [0.25, 0.3) is 5.91 Å². The third kappa shape index (κ3) is 3.27. The fourth-order valence-electron chi connectivity index (χ4n) is 3.35. The predicted molar refractivity (Wildman–Crippen MR) is 82.1 cm³/mol. The van der Waals surface area contributed by atoms with Crippen molar-refractivity contribution in [2.45, 2.75) is 38.3 Å². The summed E-state index contributed by atoms with van der Waals surface area (Å²) in [5.74, 6) is 0.0186. The second-order valence-corrected chi connectivity index (χ2v) is 5.94. The minimum atomic E-state index is -0.438. The van der Waals surface area contributed by atoms with Crippen molar-refractivity contribution in [1.82, 2.24) is 10.2 Å². The van der Waals surface area contributed by atoms with E-state index in [-0.39, 0.29) is 11.9 Å². The molecule has 1 aromatic carbocycles. The number of nitrogens with one attached hydrogen (secondary N) is 1. The highest BCUT2D eigenvalue weighted by Crippen LogP contribution is 2.27. The topological polar surface area (TPSA) is 41.6 Å². The number of amides is 1. The highest BCUT2D eigenvalue weighted by atomic mass is 16.5. The van der Waals surface area contributed by atoms with Gasteiger partial charge in [0.1, 0.15) is 0 Å². The van der Waals surface area contributed by atoms with Crippen LogP contribution in [0.3, 0.4) is 0 Å². The number of nitrogens with zero attached hydrogens (tertiary/aromatic N) is 1. The molecule has 2 unspecified atom stereocenters. The normalized spacial score (nSPS) is 26.1. The minimum absolute atomic E-state index is 0.0186. The molecule has 21 heavy (non-hydrogen) atoms. The summed E-state index contributed by atoms with van der Waals surface area (Å²) >= 11 is 0. The lowest BCUT2D eigenvalue weighted by Gasteiger charge is -2.33. The molecule has 114 valence electrons. The fraction of sp³-hybridized carbons (Fsp3) is 0.588. The van der Waals surface area contributed by atoms with Gasteiger partial charge in [0.15, 0.2) is 6.10 Å². The van der Waals surface area contributed by atoms with Crippen molar-refractivity contribution in [1.29, 1.82) is 0 Å². The molecule has 1 aromatic rings. The molecule has 0 bridgehead atoms. The maximum Gasteiger partial charge on any atom is 0.254 e. The van der Waals surface area contributed by atoms with Gasteiger partial charge in [0.05, 0.1) is 6.61 Å². The third-order valence-electron chi connectivity index (χ3n) is 4.53. The molecule has 0 aliphatic carbocycles. The summed E-state index contributed by atoms with van der Waals surface area (Å²) in [6, 6.07) is 8.37. The van der Waals surface area contributed by atoms with Crippen LogP contribution >= 0.6 is 0 Å². The smallest absolute Gasteiger partial charge is 0.254 e. The van der Waals surface area contributed by atoms with Gasteiger partial charge in [-0.05, 0) is 43.5 Å². The highest BCUT2D eigenvalue weighted by Gasteiger charge is 2.29. The number of ether oxygens (including phenoxy) is 1. The van der Waals surface area contributed by atoms with Crippen LogP contribution < -0.4 is 5.32 Å². The Morgan fingerprint density at radius 3 is 3.14 bits per heavy atom. The second kappa shape index (κ2) is 6.58. The standard InChI is InChI=1S/C17H24N2O2/c1-2-19-10-5-7-14(12-19)18-17(20)16-15-8-4-3-6-13(15)9-11-21-16/h3-4,6,8,14,16H,2,5,7,9-12H2,1H3,(H,18,20). The molecule has 2 heterocycles. The summed E-state index contributed by atoms with van der Waals surface area (Å²) in [5.41, 5.74) is 2.27. The molecule has 2 aliphatic heterocycles. The van der Waals surface area contributed by atoms with Gasteiger partial charge < -0.3 is 15.0 Å². The van der Waals surface area contributed by atoms with E-state index in [4.69, 9.17) is 4.74 Å². The van der Waals surface area contributed by atoms with E-state index in [1.807, 2.05) is 18.2 Å². The molecule has 3 rings (SSSR count). The van der Waals surface area contributed by atoms with Crippen molar-refractivity contribution in [3.63, 3.8) is 0 Å². The first-order valence-corrected chi connectivity index (χ1v) is 8.00. The van der Waals surface area contributed by atoms with Crippen LogP contribution in [0.25, 0.3) is 0 Å². The van der Waals surface area contributed by atoms with Gasteiger partial charge in [-0.15, -0.1) is 0 Å². The van der Waals surface area contributed by atoms with Gasteiger partial charge in [-0.1, -0.05) is 31.2 Å². The molecule has 1 amide bonds. The Morgan fingerprint density at radius 1 is 1.43 bits per heavy atom. The van der Waals surface area contributed by atoms with Crippen molar-refractivity contribution < 1.29 is 9.53 Å². The van der Waals surface area contributed by atoms with Crippen LogP contribution in [0.4, 0.5) is 0 Å². The Kier molecular flexibility index (Phi) is 4.56. The molecule has 0 spiro atoms. The Hall–Kier alpha value is -1.39. The average molecular weight is 288 g/mol. The van der Waals surface area contributed by atoms with Crippen molar-refractivity contribution in [2.75, 3.05) is 26.2 Å². The Bertz CT molecular complexity index is 503. The number of piperidine rings is 1. The first-order valence-electron chi connectivity index (χ1n) is 8.00. The van der Waals surface area contributed by atoms with Crippen LogP contribution in [0.2, 0.25) is 0 Å². The van der Waals surface area contributed by atoms with E-state index in [0.717, 1.165) is 44.5 Å². The van der Waals surface area contributed by atoms with Crippen molar-refractivity contribution in [3.05, 3.63) is 35.4 Å². The molecule has 4 nitrogen and oxygen atoms in total. The summed E-state index contributed by atoms with van der Waals surface area (Å²) in [6.45, 7) is 5.95. The molecule has 0 aromatic heterocycles. The van der Waals surface area contributed by atoms with E-state index in [1.165, 1.54) is 5.56 Å². The van der Waals surface area contributed by atoms with E-state index in [1.54, 1.807) is 0 Å². The number of benzene rings is 1. The van der Waals surface area contributed by atoms with Crippen LogP contribution in [-0.2, 0) is 16.0 Å². The predicted octanol–water partition coefficient (Wildman–Crippen LogP) is 1.90. The summed E-state index contributed by atoms with van der Waals surface area (Å²) in [4.78, 5) is 15.0. The SMILES string of the molecule is CCN1CCCC(NC(=O)C2OCCc3ccccc32)C1. The Morgan fingerprint density at radius 2 is 2.29 bits per heavy atom. The first kappa shape index (κ1) is 14.5. The number of rotatable bonds is 3. The lowest BCUT2D eigenvalue weighted by atomic mass is 9.96. The molecule has 2 aliphatic rings. The van der Waals surface area contributed by atoms with Crippen LogP contribution in [0.15, 0.2) is 24.3 Å². The number of fused-ring (bicyclic) bond motifs is 1. The first-order chi connectivity index (χ1) is 10.3. The van der Waals surface area contributed by atoms with Gasteiger partial charge in [-0.25, -0.2) is 0 Å². The van der Waals surface area contributed by atoms with Crippen LogP contribution in [0, 0.1) is 0 Å². The third-order valence-corrected chi connectivity index (χ3v) is 4.53. The molecule has 1 fully saturated rings. The molecule has 4 heteroatoms. The minimum Gasteiger partial charge on any atom is -0.363 e. The van der Waals surface area contributed by atoms with E-state index in [2.05, 4.69) is 23.2 Å². The lowest BCUT2D eigenvalue weighted by Crippen LogP contribution is -2.49. The number of hydrogen-bond donors (Lipinski definition) is 1. The summed E-state index contributed by atoms with van der Waals surface area (Å²) in [7, 11) is 0. The number of carbonyl (C=O) groups excluding carboxylic acids is 1. The van der Waals surface area contributed by atoms with E-state index in [9.17, 15) is 4.79 Å². The largest absolute Gasteiger partial charge is 0.363 e. The lowest BCUT2D eigenvalue weighted by molar-refractivity contribution is -0.135. The van der Waals surface area contributed by atoms with Gasteiger partial charge in [-0.2, -0.15) is 0 Å². The summed E-state index contributed by atoms with van der Waals surface area (Å²) in [5, 5.41) is 3.19. The molecular weight excluding hydrogens is 264 g/mol. The quantitative estimate of drug-likeness (QED) is 0.923. The zero-order valence-electron chi connectivity index (χ0n) is 12.7. The Labute approximate surface area is 126 Å². The number of hydrogen-bond acceptors (Lipinski definition) is 3. The number of likely N-dealkylation sites (N-methyl/N-ethyl adjacent to an activating group) is 1. The van der Waals surface area contributed by atoms with Gasteiger partial charge in [-0.3, -0.25) is 4.79 Å². The maximum absolute atomic E-state index is 12.6. The van der Waals surface area contributed by atoms with Gasteiger partial charge in [0, 0.05) is 12.6 Å². The van der Waals surface area contributed by atoms with Crippen molar-refractivity contribution >= 4 is 5.91 Å².